The van der Waals surface area contributed by atoms with E-state index in [4.69, 9.17) is 14.6 Å². The largest absolute Gasteiger partial charge is 0.381 e. The number of methoxy groups -OCH3 is 1. The molecule has 0 spiro atoms. The summed E-state index contributed by atoms with van der Waals surface area (Å²) in [5.74, 6) is 0.0354. The van der Waals surface area contributed by atoms with E-state index in [0.717, 1.165) is 32.1 Å². The maximum atomic E-state index is 11.6. The lowest BCUT2D eigenvalue weighted by Gasteiger charge is -2.32. The summed E-state index contributed by atoms with van der Waals surface area (Å²) in [5, 5.41) is 5.29. The fourth-order valence-corrected chi connectivity index (χ4v) is 4.17. The summed E-state index contributed by atoms with van der Waals surface area (Å²) < 4.78 is 34.3. The molecule has 0 atom stereocenters. The highest BCUT2D eigenvalue weighted by Gasteiger charge is 2.35. The van der Waals surface area contributed by atoms with Crippen LogP contribution in [0, 0.1) is 5.41 Å². The SMILES string of the molecule is COC(C)(C)CCOCC1(CS(N)(=O)=O)CCCCCC1. The molecule has 0 amide bonds. The van der Waals surface area contributed by atoms with Crippen molar-refractivity contribution in [2.75, 3.05) is 26.1 Å². The van der Waals surface area contributed by atoms with Gasteiger partial charge in [0, 0.05) is 19.1 Å². The standard InChI is InChI=1S/C15H31NO4S/c1-14(2,19-3)10-11-20-12-15(13-21(16,17)18)8-6-4-5-7-9-15/h4-13H2,1-3H3,(H2,16,17,18). The minimum absolute atomic E-state index is 0.0354. The van der Waals surface area contributed by atoms with Gasteiger partial charge in [0.15, 0.2) is 0 Å². The molecule has 21 heavy (non-hydrogen) atoms. The van der Waals surface area contributed by atoms with Crippen LogP contribution in [-0.4, -0.2) is 40.1 Å². The molecule has 126 valence electrons. The van der Waals surface area contributed by atoms with Crippen molar-refractivity contribution in [1.82, 2.24) is 0 Å². The van der Waals surface area contributed by atoms with Gasteiger partial charge in [-0.2, -0.15) is 0 Å². The Morgan fingerprint density at radius 1 is 1.14 bits per heavy atom. The molecule has 0 aliphatic heterocycles. The number of ether oxygens (including phenoxy) is 2. The Labute approximate surface area is 129 Å². The number of primary sulfonamides is 1. The molecule has 0 aromatic heterocycles. The van der Waals surface area contributed by atoms with Crippen molar-refractivity contribution < 1.29 is 17.9 Å². The molecule has 5 nitrogen and oxygen atoms in total. The molecule has 0 heterocycles. The van der Waals surface area contributed by atoms with Gasteiger partial charge in [-0.1, -0.05) is 25.7 Å². The second-order valence-corrected chi connectivity index (χ2v) is 8.60. The van der Waals surface area contributed by atoms with Crippen LogP contribution in [0.1, 0.15) is 58.8 Å². The topological polar surface area (TPSA) is 78.6 Å². The smallest absolute Gasteiger partial charge is 0.209 e. The van der Waals surface area contributed by atoms with Crippen molar-refractivity contribution in [3.05, 3.63) is 0 Å². The van der Waals surface area contributed by atoms with E-state index in [-0.39, 0.29) is 16.8 Å². The number of hydrogen-bond donors (Lipinski definition) is 1. The first-order valence-corrected chi connectivity index (χ1v) is 9.53. The predicted molar refractivity (Wildman–Crippen MR) is 84.6 cm³/mol. The highest BCUT2D eigenvalue weighted by Crippen LogP contribution is 2.36. The van der Waals surface area contributed by atoms with Crippen LogP contribution in [0.4, 0.5) is 0 Å². The summed E-state index contributed by atoms with van der Waals surface area (Å²) >= 11 is 0. The van der Waals surface area contributed by atoms with Crippen LogP contribution >= 0.6 is 0 Å². The van der Waals surface area contributed by atoms with Gasteiger partial charge in [-0.05, 0) is 33.1 Å². The number of sulfonamides is 1. The Morgan fingerprint density at radius 3 is 2.19 bits per heavy atom. The van der Waals surface area contributed by atoms with Gasteiger partial charge < -0.3 is 9.47 Å². The third-order valence-electron chi connectivity index (χ3n) is 4.48. The molecule has 1 rings (SSSR count). The van der Waals surface area contributed by atoms with Gasteiger partial charge in [0.05, 0.1) is 18.0 Å². The monoisotopic (exact) mass is 321 g/mol. The van der Waals surface area contributed by atoms with Gasteiger partial charge >= 0.3 is 0 Å². The van der Waals surface area contributed by atoms with E-state index in [0.29, 0.717) is 13.2 Å². The Morgan fingerprint density at radius 2 is 1.71 bits per heavy atom. The normalized spacial score (nSPS) is 20.2. The zero-order valence-corrected chi connectivity index (χ0v) is 14.5. The molecule has 1 aliphatic rings. The molecule has 0 radical (unpaired) electrons. The van der Waals surface area contributed by atoms with Crippen molar-refractivity contribution in [3.8, 4) is 0 Å². The van der Waals surface area contributed by atoms with E-state index in [1.807, 2.05) is 13.8 Å². The van der Waals surface area contributed by atoms with E-state index in [1.54, 1.807) is 7.11 Å². The highest BCUT2D eigenvalue weighted by molar-refractivity contribution is 7.89. The molecule has 0 unspecified atom stereocenters. The fraction of sp³-hybridized carbons (Fsp3) is 1.00. The molecule has 1 aliphatic carbocycles. The molecular formula is C15H31NO4S. The lowest BCUT2D eigenvalue weighted by atomic mass is 9.83. The molecule has 6 heteroatoms. The first-order chi connectivity index (χ1) is 9.68. The van der Waals surface area contributed by atoms with E-state index in [2.05, 4.69) is 0 Å². The van der Waals surface area contributed by atoms with E-state index in [1.165, 1.54) is 12.8 Å². The van der Waals surface area contributed by atoms with Crippen molar-refractivity contribution in [3.63, 3.8) is 0 Å². The summed E-state index contributed by atoms with van der Waals surface area (Å²) in [4.78, 5) is 0. The van der Waals surface area contributed by atoms with Crippen LogP contribution in [0.15, 0.2) is 0 Å². The summed E-state index contributed by atoms with van der Waals surface area (Å²) in [6.45, 7) is 5.08. The van der Waals surface area contributed by atoms with Crippen LogP contribution in [0.3, 0.4) is 0 Å². The Bertz CT molecular complexity index is 398. The number of hydrogen-bond acceptors (Lipinski definition) is 4. The minimum atomic E-state index is -3.47. The summed E-state index contributed by atoms with van der Waals surface area (Å²) in [6.07, 6.45) is 7.01. The van der Waals surface area contributed by atoms with Crippen molar-refractivity contribution in [2.24, 2.45) is 10.6 Å². The Hall–Kier alpha value is -0.170. The minimum Gasteiger partial charge on any atom is -0.381 e. The molecular weight excluding hydrogens is 290 g/mol. The molecule has 1 saturated carbocycles. The average molecular weight is 321 g/mol. The molecule has 1 fully saturated rings. The van der Waals surface area contributed by atoms with Gasteiger partial charge in [-0.15, -0.1) is 0 Å². The zero-order chi connectivity index (χ0) is 16.0. The van der Waals surface area contributed by atoms with Crippen molar-refractivity contribution in [2.45, 2.75) is 64.4 Å². The van der Waals surface area contributed by atoms with E-state index >= 15 is 0 Å². The highest BCUT2D eigenvalue weighted by atomic mass is 32.2. The van der Waals surface area contributed by atoms with Crippen LogP contribution in [0.25, 0.3) is 0 Å². The van der Waals surface area contributed by atoms with Crippen molar-refractivity contribution in [1.29, 1.82) is 0 Å². The maximum Gasteiger partial charge on any atom is 0.209 e. The Kier molecular flexibility index (Phi) is 7.10. The summed E-state index contributed by atoms with van der Waals surface area (Å²) in [7, 11) is -1.78. The van der Waals surface area contributed by atoms with Gasteiger partial charge in [0.2, 0.25) is 10.0 Å². The van der Waals surface area contributed by atoms with Crippen LogP contribution in [0.5, 0.6) is 0 Å². The van der Waals surface area contributed by atoms with Crippen LogP contribution < -0.4 is 5.14 Å². The van der Waals surface area contributed by atoms with Gasteiger partial charge in [-0.3, -0.25) is 0 Å². The van der Waals surface area contributed by atoms with Gasteiger partial charge in [0.25, 0.3) is 0 Å². The predicted octanol–water partition coefficient (Wildman–Crippen LogP) is 2.45. The summed E-state index contributed by atoms with van der Waals surface area (Å²) in [6, 6.07) is 0. The molecule has 2 N–H and O–H groups in total. The van der Waals surface area contributed by atoms with E-state index in [9.17, 15) is 8.42 Å². The first kappa shape index (κ1) is 18.9. The maximum absolute atomic E-state index is 11.6. The lowest BCUT2D eigenvalue weighted by molar-refractivity contribution is -0.0245. The third kappa shape index (κ3) is 7.58. The molecule has 0 aromatic carbocycles. The molecule has 0 saturated heterocycles. The quantitative estimate of drug-likeness (QED) is 0.550. The Balaban J connectivity index is 2.57. The number of rotatable bonds is 8. The number of nitrogens with two attached hydrogens (primary N) is 1. The van der Waals surface area contributed by atoms with Crippen LogP contribution in [-0.2, 0) is 19.5 Å². The van der Waals surface area contributed by atoms with Gasteiger partial charge in [-0.25, -0.2) is 13.6 Å². The second kappa shape index (κ2) is 7.90. The van der Waals surface area contributed by atoms with Crippen LogP contribution in [0.2, 0.25) is 0 Å². The summed E-state index contributed by atoms with van der Waals surface area (Å²) in [5.41, 5.74) is -0.516. The fourth-order valence-electron chi connectivity index (χ4n) is 2.94. The lowest BCUT2D eigenvalue weighted by Crippen LogP contribution is -2.38. The third-order valence-corrected chi connectivity index (χ3v) is 5.50. The molecule has 0 bridgehead atoms. The zero-order valence-electron chi connectivity index (χ0n) is 13.7. The van der Waals surface area contributed by atoms with Crippen molar-refractivity contribution >= 4 is 10.0 Å². The van der Waals surface area contributed by atoms with Gasteiger partial charge in [0.1, 0.15) is 0 Å². The first-order valence-electron chi connectivity index (χ1n) is 7.82. The molecule has 0 aromatic rings. The van der Waals surface area contributed by atoms with E-state index < -0.39 is 10.0 Å². The second-order valence-electron chi connectivity index (χ2n) is 6.99. The average Bonchev–Trinajstić information content (AvgIpc) is 2.59.